The second-order valence-electron chi connectivity index (χ2n) is 5.42. The highest BCUT2D eigenvalue weighted by Crippen LogP contribution is 2.23. The molecule has 0 aromatic heterocycles. The molecule has 3 rings (SSSR count). The Balaban J connectivity index is 1.53. The van der Waals surface area contributed by atoms with Crippen molar-refractivity contribution in [2.45, 2.75) is 12.8 Å². The van der Waals surface area contributed by atoms with Crippen LogP contribution in [-0.2, 0) is 0 Å². The van der Waals surface area contributed by atoms with E-state index in [1.807, 2.05) is 42.5 Å². The Kier molecular flexibility index (Phi) is 4.74. The lowest BCUT2D eigenvalue weighted by Crippen LogP contribution is -2.25. The van der Waals surface area contributed by atoms with Crippen molar-refractivity contribution < 1.29 is 4.74 Å². The average molecular weight is 282 g/mol. The molecule has 0 saturated carbocycles. The number of benzene rings is 2. The zero-order chi connectivity index (χ0) is 14.3. The molecule has 0 unspecified atom stereocenters. The maximum Gasteiger partial charge on any atom is 0.129 e. The lowest BCUT2D eigenvalue weighted by Gasteiger charge is -2.15. The zero-order valence-corrected chi connectivity index (χ0v) is 12.3. The number of likely N-dealkylation sites (tertiary alicyclic amines) is 1. The molecule has 1 saturated heterocycles. The summed E-state index contributed by atoms with van der Waals surface area (Å²) in [6.45, 7) is 4.59. The van der Waals surface area contributed by atoms with Crippen molar-refractivity contribution in [3.8, 4) is 11.5 Å². The number of para-hydroxylation sites is 1. The molecule has 110 valence electrons. The number of hydrogen-bond acceptors (Lipinski definition) is 3. The Bertz CT molecular complexity index is 550. The lowest BCUT2D eigenvalue weighted by atomic mass is 10.3. The highest BCUT2D eigenvalue weighted by molar-refractivity contribution is 5.49. The van der Waals surface area contributed by atoms with Crippen LogP contribution in [0.25, 0.3) is 0 Å². The van der Waals surface area contributed by atoms with E-state index < -0.39 is 0 Å². The molecule has 0 radical (unpaired) electrons. The van der Waals surface area contributed by atoms with Crippen LogP contribution < -0.4 is 10.1 Å². The predicted octanol–water partition coefficient (Wildman–Crippen LogP) is 3.99. The molecule has 21 heavy (non-hydrogen) atoms. The molecule has 1 aliphatic heterocycles. The summed E-state index contributed by atoms with van der Waals surface area (Å²) in [5, 5.41) is 3.48. The van der Waals surface area contributed by atoms with Gasteiger partial charge >= 0.3 is 0 Å². The van der Waals surface area contributed by atoms with Gasteiger partial charge in [-0.15, -0.1) is 0 Å². The van der Waals surface area contributed by atoms with Gasteiger partial charge in [-0.3, -0.25) is 0 Å². The molecule has 2 aromatic carbocycles. The summed E-state index contributed by atoms with van der Waals surface area (Å²) in [5.74, 6) is 1.74. The van der Waals surface area contributed by atoms with Crippen molar-refractivity contribution in [3.63, 3.8) is 0 Å². The van der Waals surface area contributed by atoms with Crippen LogP contribution in [-0.4, -0.2) is 31.1 Å². The second-order valence-corrected chi connectivity index (χ2v) is 5.42. The first kappa shape index (κ1) is 14.0. The minimum absolute atomic E-state index is 0.867. The number of ether oxygens (including phenoxy) is 1. The van der Waals surface area contributed by atoms with E-state index in [0.29, 0.717) is 0 Å². The largest absolute Gasteiger partial charge is 0.457 e. The Morgan fingerprint density at radius 3 is 2.48 bits per heavy atom. The van der Waals surface area contributed by atoms with Gasteiger partial charge in [-0.25, -0.2) is 0 Å². The van der Waals surface area contributed by atoms with Gasteiger partial charge in [-0.2, -0.15) is 0 Å². The van der Waals surface area contributed by atoms with Gasteiger partial charge in [0.2, 0.25) is 0 Å². The molecule has 3 heteroatoms. The Labute approximate surface area is 126 Å². The van der Waals surface area contributed by atoms with E-state index in [-0.39, 0.29) is 0 Å². The first-order chi connectivity index (χ1) is 10.4. The molecular weight excluding hydrogens is 260 g/mol. The van der Waals surface area contributed by atoms with Gasteiger partial charge in [0.05, 0.1) is 0 Å². The van der Waals surface area contributed by atoms with Crippen LogP contribution in [0.5, 0.6) is 11.5 Å². The van der Waals surface area contributed by atoms with Crippen molar-refractivity contribution in [2.24, 2.45) is 0 Å². The minimum Gasteiger partial charge on any atom is -0.457 e. The SMILES string of the molecule is c1ccc(Oc2cccc(NCCN3CCCC3)c2)cc1. The van der Waals surface area contributed by atoms with Crippen LogP contribution >= 0.6 is 0 Å². The third-order valence-electron chi connectivity index (χ3n) is 3.77. The minimum atomic E-state index is 0.867. The first-order valence-electron chi connectivity index (χ1n) is 7.69. The fraction of sp³-hybridized carbons (Fsp3) is 0.333. The smallest absolute Gasteiger partial charge is 0.129 e. The van der Waals surface area contributed by atoms with Gasteiger partial charge in [0, 0.05) is 24.8 Å². The molecule has 0 atom stereocenters. The standard InChI is InChI=1S/C18H22N2O/c1-2-8-17(9-3-1)21-18-10-6-7-16(15-18)19-11-14-20-12-4-5-13-20/h1-3,6-10,15,19H,4-5,11-14H2. The average Bonchev–Trinajstić information content (AvgIpc) is 3.02. The molecular formula is C18H22N2O. The number of hydrogen-bond donors (Lipinski definition) is 1. The van der Waals surface area contributed by atoms with Crippen LogP contribution in [0.2, 0.25) is 0 Å². The number of rotatable bonds is 6. The van der Waals surface area contributed by atoms with Gasteiger partial charge in [0.25, 0.3) is 0 Å². The Hall–Kier alpha value is -2.00. The van der Waals surface area contributed by atoms with Crippen LogP contribution in [0.1, 0.15) is 12.8 Å². The third-order valence-corrected chi connectivity index (χ3v) is 3.77. The molecule has 0 bridgehead atoms. The van der Waals surface area contributed by atoms with Crippen molar-refractivity contribution in [3.05, 3.63) is 54.6 Å². The van der Waals surface area contributed by atoms with Crippen LogP contribution in [0.4, 0.5) is 5.69 Å². The van der Waals surface area contributed by atoms with Crippen molar-refractivity contribution in [1.82, 2.24) is 4.90 Å². The van der Waals surface area contributed by atoms with E-state index in [9.17, 15) is 0 Å². The van der Waals surface area contributed by atoms with E-state index in [4.69, 9.17) is 4.74 Å². The molecule has 3 nitrogen and oxygen atoms in total. The number of nitrogens with zero attached hydrogens (tertiary/aromatic N) is 1. The maximum absolute atomic E-state index is 5.85. The van der Waals surface area contributed by atoms with Crippen LogP contribution in [0.3, 0.4) is 0 Å². The normalized spacial score (nSPS) is 15.0. The lowest BCUT2D eigenvalue weighted by molar-refractivity contribution is 0.352. The Morgan fingerprint density at radius 2 is 1.67 bits per heavy atom. The molecule has 1 heterocycles. The third kappa shape index (κ3) is 4.23. The topological polar surface area (TPSA) is 24.5 Å². The molecule has 2 aromatic rings. The monoisotopic (exact) mass is 282 g/mol. The fourth-order valence-corrected chi connectivity index (χ4v) is 2.66. The van der Waals surface area contributed by atoms with E-state index in [0.717, 1.165) is 30.3 Å². The summed E-state index contributed by atoms with van der Waals surface area (Å²) >= 11 is 0. The summed E-state index contributed by atoms with van der Waals surface area (Å²) in [6, 6.07) is 18.0. The quantitative estimate of drug-likeness (QED) is 0.867. The van der Waals surface area contributed by atoms with Gasteiger partial charge in [-0.1, -0.05) is 24.3 Å². The van der Waals surface area contributed by atoms with Crippen molar-refractivity contribution in [2.75, 3.05) is 31.5 Å². The van der Waals surface area contributed by atoms with E-state index in [1.165, 1.54) is 25.9 Å². The van der Waals surface area contributed by atoms with E-state index in [1.54, 1.807) is 0 Å². The van der Waals surface area contributed by atoms with Gasteiger partial charge in [0.1, 0.15) is 11.5 Å². The molecule has 0 spiro atoms. The van der Waals surface area contributed by atoms with Crippen molar-refractivity contribution >= 4 is 5.69 Å². The van der Waals surface area contributed by atoms with Crippen LogP contribution in [0.15, 0.2) is 54.6 Å². The zero-order valence-electron chi connectivity index (χ0n) is 12.3. The number of nitrogens with one attached hydrogen (secondary N) is 1. The Morgan fingerprint density at radius 1 is 0.905 bits per heavy atom. The highest BCUT2D eigenvalue weighted by atomic mass is 16.5. The summed E-state index contributed by atoms with van der Waals surface area (Å²) in [7, 11) is 0. The van der Waals surface area contributed by atoms with Gasteiger partial charge in [-0.05, 0) is 50.2 Å². The van der Waals surface area contributed by atoms with Gasteiger partial charge in [0.15, 0.2) is 0 Å². The predicted molar refractivity (Wildman–Crippen MR) is 87.1 cm³/mol. The first-order valence-corrected chi connectivity index (χ1v) is 7.69. The molecule has 0 aliphatic carbocycles. The highest BCUT2D eigenvalue weighted by Gasteiger charge is 2.10. The summed E-state index contributed by atoms with van der Waals surface area (Å²) < 4.78 is 5.85. The summed E-state index contributed by atoms with van der Waals surface area (Å²) in [6.07, 6.45) is 2.70. The second kappa shape index (κ2) is 7.14. The maximum atomic E-state index is 5.85. The molecule has 0 amide bonds. The van der Waals surface area contributed by atoms with Crippen molar-refractivity contribution in [1.29, 1.82) is 0 Å². The fourth-order valence-electron chi connectivity index (χ4n) is 2.66. The van der Waals surface area contributed by atoms with E-state index in [2.05, 4.69) is 22.3 Å². The molecule has 1 aliphatic rings. The molecule has 1 N–H and O–H groups in total. The summed E-state index contributed by atoms with van der Waals surface area (Å²) in [4.78, 5) is 2.51. The van der Waals surface area contributed by atoms with Gasteiger partial charge < -0.3 is 15.0 Å². The molecule has 1 fully saturated rings. The summed E-state index contributed by atoms with van der Waals surface area (Å²) in [5.41, 5.74) is 1.11. The number of anilines is 1. The van der Waals surface area contributed by atoms with Crippen LogP contribution in [0, 0.1) is 0 Å². The van der Waals surface area contributed by atoms with E-state index >= 15 is 0 Å².